The third-order valence-electron chi connectivity index (χ3n) is 3.21. The van der Waals surface area contributed by atoms with Crippen LogP contribution < -0.4 is 0 Å². The summed E-state index contributed by atoms with van der Waals surface area (Å²) in [5, 5.41) is 0. The van der Waals surface area contributed by atoms with Crippen LogP contribution in [0.15, 0.2) is 24.5 Å². The van der Waals surface area contributed by atoms with Gasteiger partial charge in [0.2, 0.25) is 10.0 Å². The molecule has 0 aromatic carbocycles. The third kappa shape index (κ3) is 3.28. The minimum atomic E-state index is -3.06. The molecule has 0 radical (unpaired) electrons. The minimum absolute atomic E-state index is 0.209. The van der Waals surface area contributed by atoms with Gasteiger partial charge in [-0.3, -0.25) is 9.88 Å². The molecule has 100 valence electrons. The molecular formula is C12H19N3O2S. The van der Waals surface area contributed by atoms with Crippen LogP contribution in [-0.2, 0) is 16.6 Å². The highest BCUT2D eigenvalue weighted by molar-refractivity contribution is 7.89. The van der Waals surface area contributed by atoms with Gasteiger partial charge in [-0.05, 0) is 11.6 Å². The van der Waals surface area contributed by atoms with Crippen LogP contribution in [0.3, 0.4) is 0 Å². The zero-order valence-electron chi connectivity index (χ0n) is 10.6. The SMILES string of the molecule is CCN1CCN(Cc2cccnc2)CCS1(=O)=O. The Morgan fingerprint density at radius 1 is 1.33 bits per heavy atom. The van der Waals surface area contributed by atoms with E-state index in [2.05, 4.69) is 9.88 Å². The summed E-state index contributed by atoms with van der Waals surface area (Å²) >= 11 is 0. The van der Waals surface area contributed by atoms with Gasteiger partial charge in [-0.15, -0.1) is 0 Å². The first-order chi connectivity index (χ1) is 8.62. The maximum Gasteiger partial charge on any atom is 0.215 e. The largest absolute Gasteiger partial charge is 0.297 e. The lowest BCUT2D eigenvalue weighted by Crippen LogP contribution is -2.33. The first-order valence-electron chi connectivity index (χ1n) is 6.21. The highest BCUT2D eigenvalue weighted by Gasteiger charge is 2.25. The van der Waals surface area contributed by atoms with Gasteiger partial charge in [0.05, 0.1) is 5.75 Å². The molecule has 0 spiro atoms. The lowest BCUT2D eigenvalue weighted by Gasteiger charge is -2.19. The molecule has 0 amide bonds. The van der Waals surface area contributed by atoms with E-state index >= 15 is 0 Å². The summed E-state index contributed by atoms with van der Waals surface area (Å²) in [7, 11) is -3.06. The number of pyridine rings is 1. The fourth-order valence-electron chi connectivity index (χ4n) is 2.14. The van der Waals surface area contributed by atoms with Gasteiger partial charge in [-0.1, -0.05) is 13.0 Å². The highest BCUT2D eigenvalue weighted by Crippen LogP contribution is 2.10. The Balaban J connectivity index is 2.01. The Labute approximate surface area is 108 Å². The van der Waals surface area contributed by atoms with Crippen LogP contribution >= 0.6 is 0 Å². The summed E-state index contributed by atoms with van der Waals surface area (Å²) in [6.07, 6.45) is 3.58. The standard InChI is InChI=1S/C12H19N3O2S/c1-2-15-7-6-14(8-9-18(15,16)17)11-12-4-3-5-13-10-12/h3-5,10H,2,6-9,11H2,1H3. The van der Waals surface area contributed by atoms with Crippen LogP contribution in [0.2, 0.25) is 0 Å². The van der Waals surface area contributed by atoms with Crippen LogP contribution in [0.5, 0.6) is 0 Å². The monoisotopic (exact) mass is 269 g/mol. The Morgan fingerprint density at radius 3 is 2.83 bits per heavy atom. The van der Waals surface area contributed by atoms with Gasteiger partial charge in [0.25, 0.3) is 0 Å². The normalized spacial score (nSPS) is 21.6. The molecule has 0 aliphatic carbocycles. The molecule has 0 atom stereocenters. The molecule has 18 heavy (non-hydrogen) atoms. The van der Waals surface area contributed by atoms with E-state index in [1.165, 1.54) is 0 Å². The fourth-order valence-corrected chi connectivity index (χ4v) is 3.64. The van der Waals surface area contributed by atoms with Crippen molar-refractivity contribution >= 4 is 10.0 Å². The second kappa shape index (κ2) is 5.77. The van der Waals surface area contributed by atoms with Crippen LogP contribution in [0.25, 0.3) is 0 Å². The van der Waals surface area contributed by atoms with Crippen molar-refractivity contribution < 1.29 is 8.42 Å². The lowest BCUT2D eigenvalue weighted by atomic mass is 10.2. The van der Waals surface area contributed by atoms with E-state index in [0.717, 1.165) is 18.7 Å². The number of sulfonamides is 1. The molecule has 2 rings (SSSR count). The van der Waals surface area contributed by atoms with Crippen LogP contribution in [-0.4, -0.2) is 54.5 Å². The predicted molar refractivity (Wildman–Crippen MR) is 70.5 cm³/mol. The summed E-state index contributed by atoms with van der Waals surface area (Å²) in [5.74, 6) is 0.209. The average Bonchev–Trinajstić information content (AvgIpc) is 2.50. The second-order valence-electron chi connectivity index (χ2n) is 4.45. The zero-order valence-corrected chi connectivity index (χ0v) is 11.4. The maximum atomic E-state index is 11.9. The second-order valence-corrected chi connectivity index (χ2v) is 6.53. The molecule has 1 aromatic heterocycles. The van der Waals surface area contributed by atoms with E-state index in [9.17, 15) is 8.42 Å². The van der Waals surface area contributed by atoms with Gasteiger partial charge in [-0.25, -0.2) is 12.7 Å². The van der Waals surface area contributed by atoms with Gasteiger partial charge in [0.1, 0.15) is 0 Å². The fraction of sp³-hybridized carbons (Fsp3) is 0.583. The van der Waals surface area contributed by atoms with Gasteiger partial charge in [-0.2, -0.15) is 0 Å². The van der Waals surface area contributed by atoms with E-state index in [4.69, 9.17) is 0 Å². The molecule has 0 N–H and O–H groups in total. The van der Waals surface area contributed by atoms with Gasteiger partial charge in [0, 0.05) is 45.1 Å². The number of nitrogens with zero attached hydrogens (tertiary/aromatic N) is 3. The van der Waals surface area contributed by atoms with Crippen LogP contribution in [0.4, 0.5) is 0 Å². The van der Waals surface area contributed by atoms with Crippen molar-refractivity contribution in [2.45, 2.75) is 13.5 Å². The first kappa shape index (κ1) is 13.5. The Hall–Kier alpha value is -0.980. The maximum absolute atomic E-state index is 11.9. The summed E-state index contributed by atoms with van der Waals surface area (Å²) in [6.45, 7) is 5.16. The average molecular weight is 269 g/mol. The Bertz CT molecular complexity index is 475. The quantitative estimate of drug-likeness (QED) is 0.804. The van der Waals surface area contributed by atoms with Crippen molar-refractivity contribution in [3.63, 3.8) is 0 Å². The summed E-state index contributed by atoms with van der Waals surface area (Å²) < 4.78 is 25.4. The van der Waals surface area contributed by atoms with Crippen LogP contribution in [0.1, 0.15) is 12.5 Å². The zero-order chi connectivity index (χ0) is 13.0. The molecule has 1 saturated heterocycles. The van der Waals surface area contributed by atoms with E-state index in [-0.39, 0.29) is 5.75 Å². The van der Waals surface area contributed by atoms with Crippen molar-refractivity contribution in [2.24, 2.45) is 0 Å². The minimum Gasteiger partial charge on any atom is -0.297 e. The topological polar surface area (TPSA) is 53.5 Å². The van der Waals surface area contributed by atoms with E-state index in [1.54, 1.807) is 10.5 Å². The molecule has 1 aliphatic heterocycles. The number of rotatable bonds is 3. The van der Waals surface area contributed by atoms with E-state index in [1.807, 2.05) is 25.3 Å². The molecule has 5 nitrogen and oxygen atoms in total. The first-order valence-corrected chi connectivity index (χ1v) is 7.82. The number of hydrogen-bond acceptors (Lipinski definition) is 4. The van der Waals surface area contributed by atoms with Crippen molar-refractivity contribution in [3.05, 3.63) is 30.1 Å². The van der Waals surface area contributed by atoms with Crippen LogP contribution in [0, 0.1) is 0 Å². The molecule has 1 fully saturated rings. The molecule has 6 heteroatoms. The molecule has 1 aliphatic rings. The molecule has 0 bridgehead atoms. The number of hydrogen-bond donors (Lipinski definition) is 0. The number of aromatic nitrogens is 1. The van der Waals surface area contributed by atoms with Gasteiger partial charge in [0.15, 0.2) is 0 Å². The van der Waals surface area contributed by atoms with E-state index < -0.39 is 10.0 Å². The highest BCUT2D eigenvalue weighted by atomic mass is 32.2. The van der Waals surface area contributed by atoms with Gasteiger partial charge < -0.3 is 0 Å². The van der Waals surface area contributed by atoms with E-state index in [0.29, 0.717) is 19.6 Å². The smallest absolute Gasteiger partial charge is 0.215 e. The lowest BCUT2D eigenvalue weighted by molar-refractivity contribution is 0.271. The summed E-state index contributed by atoms with van der Waals surface area (Å²) in [4.78, 5) is 6.25. The molecule has 0 unspecified atom stereocenters. The third-order valence-corrected chi connectivity index (χ3v) is 5.13. The molecule has 2 heterocycles. The number of likely N-dealkylation sites (N-methyl/N-ethyl adjacent to an activating group) is 1. The van der Waals surface area contributed by atoms with Crippen molar-refractivity contribution in [3.8, 4) is 0 Å². The van der Waals surface area contributed by atoms with Crippen molar-refractivity contribution in [2.75, 3.05) is 31.9 Å². The molecule has 0 saturated carbocycles. The Kier molecular flexibility index (Phi) is 4.31. The molecule has 1 aromatic rings. The summed E-state index contributed by atoms with van der Waals surface area (Å²) in [5.41, 5.74) is 1.12. The van der Waals surface area contributed by atoms with Gasteiger partial charge >= 0.3 is 0 Å². The van der Waals surface area contributed by atoms with Crippen molar-refractivity contribution in [1.82, 2.24) is 14.2 Å². The predicted octanol–water partition coefficient (Wildman–Crippen LogP) is 0.549. The molecular weight excluding hydrogens is 250 g/mol. The Morgan fingerprint density at radius 2 is 2.17 bits per heavy atom. The summed E-state index contributed by atoms with van der Waals surface area (Å²) in [6, 6.07) is 3.92. The van der Waals surface area contributed by atoms with Crippen molar-refractivity contribution in [1.29, 1.82) is 0 Å².